The van der Waals surface area contributed by atoms with Crippen molar-refractivity contribution in [3.8, 4) is 0 Å². The minimum Gasteiger partial charge on any atom is -0.354 e. The third kappa shape index (κ3) is 5.53. The summed E-state index contributed by atoms with van der Waals surface area (Å²) in [5.74, 6) is 1.99. The zero-order chi connectivity index (χ0) is 19.2. The van der Waals surface area contributed by atoms with Gasteiger partial charge in [0.25, 0.3) is 0 Å². The van der Waals surface area contributed by atoms with Crippen LogP contribution in [0.25, 0.3) is 0 Å². The van der Waals surface area contributed by atoms with Gasteiger partial charge < -0.3 is 14.4 Å². The Labute approximate surface area is 163 Å². The normalized spacial score (nSPS) is 22.4. The van der Waals surface area contributed by atoms with Gasteiger partial charge in [-0.25, -0.2) is 0 Å². The summed E-state index contributed by atoms with van der Waals surface area (Å²) in [5, 5.41) is 0. The van der Waals surface area contributed by atoms with Crippen molar-refractivity contribution in [1.29, 1.82) is 0 Å². The van der Waals surface area contributed by atoms with Crippen molar-refractivity contribution >= 4 is 5.91 Å². The van der Waals surface area contributed by atoms with Gasteiger partial charge in [-0.05, 0) is 42.2 Å². The van der Waals surface area contributed by atoms with E-state index in [-0.39, 0.29) is 12.2 Å². The third-order valence-electron chi connectivity index (χ3n) is 6.20. The number of amides is 1. The highest BCUT2D eigenvalue weighted by Crippen LogP contribution is 2.38. The number of ether oxygens (including phenoxy) is 2. The molecule has 3 rings (SSSR count). The number of aryl methyl sites for hydroxylation is 1. The second-order valence-electron chi connectivity index (χ2n) is 8.14. The number of nitrogens with zero attached hydrogens (tertiary/aromatic N) is 2. The first kappa shape index (κ1) is 20.3. The van der Waals surface area contributed by atoms with E-state index in [2.05, 4.69) is 29.2 Å². The average Bonchev–Trinajstić information content (AvgIpc) is 3.25. The number of likely N-dealkylation sites (tertiary alicyclic amines) is 1. The van der Waals surface area contributed by atoms with Crippen molar-refractivity contribution < 1.29 is 14.3 Å². The standard InChI is InChI=1S/C22H34N2O3/c1-23(16-22(26-2)27-3)21(25)11-10-17-6-4-7-18(12-17)13-24-14-19-8-5-9-20(19)15-24/h4,6-7,12,19-20,22H,5,8-11,13-16H2,1-3H3. The van der Waals surface area contributed by atoms with Crippen molar-refractivity contribution in [3.63, 3.8) is 0 Å². The molecule has 2 unspecified atom stereocenters. The van der Waals surface area contributed by atoms with Gasteiger partial charge in [-0.2, -0.15) is 0 Å². The van der Waals surface area contributed by atoms with Gasteiger partial charge >= 0.3 is 0 Å². The largest absolute Gasteiger partial charge is 0.354 e. The molecule has 2 aliphatic rings. The van der Waals surface area contributed by atoms with Crippen LogP contribution in [0.5, 0.6) is 0 Å². The van der Waals surface area contributed by atoms with Crippen LogP contribution in [0.3, 0.4) is 0 Å². The fourth-order valence-electron chi connectivity index (χ4n) is 4.62. The summed E-state index contributed by atoms with van der Waals surface area (Å²) >= 11 is 0. The molecule has 1 heterocycles. The van der Waals surface area contributed by atoms with Crippen LogP contribution in [0.2, 0.25) is 0 Å². The van der Waals surface area contributed by atoms with Gasteiger partial charge in [0.15, 0.2) is 6.29 Å². The fraction of sp³-hybridized carbons (Fsp3) is 0.682. The highest BCUT2D eigenvalue weighted by Gasteiger charge is 2.35. The maximum Gasteiger partial charge on any atom is 0.222 e. The highest BCUT2D eigenvalue weighted by atomic mass is 16.7. The van der Waals surface area contributed by atoms with Gasteiger partial charge in [-0.3, -0.25) is 9.69 Å². The molecule has 0 spiro atoms. The predicted octanol–water partition coefficient (Wildman–Crippen LogP) is 2.93. The number of carbonyl (C=O) groups excluding carboxylic acids is 1. The van der Waals surface area contributed by atoms with E-state index in [4.69, 9.17) is 9.47 Å². The zero-order valence-corrected chi connectivity index (χ0v) is 17.0. The number of methoxy groups -OCH3 is 2. The Morgan fingerprint density at radius 2 is 1.85 bits per heavy atom. The van der Waals surface area contributed by atoms with E-state index in [1.165, 1.54) is 43.5 Å². The lowest BCUT2D eigenvalue weighted by molar-refractivity contribution is -0.143. The van der Waals surface area contributed by atoms with Crippen LogP contribution in [-0.2, 0) is 27.2 Å². The van der Waals surface area contributed by atoms with Crippen molar-refractivity contribution in [1.82, 2.24) is 9.80 Å². The fourth-order valence-corrected chi connectivity index (χ4v) is 4.62. The van der Waals surface area contributed by atoms with Gasteiger partial charge in [-0.15, -0.1) is 0 Å². The molecular weight excluding hydrogens is 340 g/mol. The molecule has 27 heavy (non-hydrogen) atoms. The van der Waals surface area contributed by atoms with E-state index >= 15 is 0 Å². The van der Waals surface area contributed by atoms with Crippen LogP contribution in [0.1, 0.15) is 36.8 Å². The predicted molar refractivity (Wildman–Crippen MR) is 106 cm³/mol. The minimum atomic E-state index is -0.373. The number of rotatable bonds is 9. The van der Waals surface area contributed by atoms with Crippen LogP contribution in [0.4, 0.5) is 0 Å². The Morgan fingerprint density at radius 3 is 2.52 bits per heavy atom. The molecule has 1 amide bonds. The second-order valence-corrected chi connectivity index (χ2v) is 8.14. The quantitative estimate of drug-likeness (QED) is 0.623. The molecule has 2 atom stereocenters. The summed E-state index contributed by atoms with van der Waals surface area (Å²) in [4.78, 5) is 16.7. The molecule has 1 aliphatic carbocycles. The maximum absolute atomic E-state index is 12.4. The number of hydrogen-bond acceptors (Lipinski definition) is 4. The van der Waals surface area contributed by atoms with Gasteiger partial charge in [-0.1, -0.05) is 30.7 Å². The molecule has 1 saturated heterocycles. The molecule has 1 saturated carbocycles. The van der Waals surface area contributed by atoms with Gasteiger partial charge in [0.2, 0.25) is 5.91 Å². The molecule has 1 aromatic rings. The van der Waals surface area contributed by atoms with E-state index < -0.39 is 0 Å². The van der Waals surface area contributed by atoms with Gasteiger partial charge in [0, 0.05) is 47.3 Å². The molecular formula is C22H34N2O3. The van der Waals surface area contributed by atoms with E-state index in [9.17, 15) is 4.79 Å². The van der Waals surface area contributed by atoms with Crippen LogP contribution < -0.4 is 0 Å². The van der Waals surface area contributed by atoms with Crippen LogP contribution in [0, 0.1) is 11.8 Å². The lowest BCUT2D eigenvalue weighted by Gasteiger charge is -2.22. The average molecular weight is 375 g/mol. The number of carbonyl (C=O) groups is 1. The highest BCUT2D eigenvalue weighted by molar-refractivity contribution is 5.76. The van der Waals surface area contributed by atoms with Crippen LogP contribution in [0.15, 0.2) is 24.3 Å². The Bertz CT molecular complexity index is 605. The van der Waals surface area contributed by atoms with Gasteiger partial charge in [0.05, 0.1) is 6.54 Å². The molecule has 1 aromatic carbocycles. The summed E-state index contributed by atoms with van der Waals surface area (Å²) < 4.78 is 10.3. The Hall–Kier alpha value is -1.43. The molecule has 0 radical (unpaired) electrons. The topological polar surface area (TPSA) is 42.0 Å². The summed E-state index contributed by atoms with van der Waals surface area (Å²) in [6.07, 6.45) is 5.17. The smallest absolute Gasteiger partial charge is 0.222 e. The maximum atomic E-state index is 12.4. The molecule has 0 N–H and O–H groups in total. The van der Waals surface area contributed by atoms with Crippen molar-refractivity contribution in [2.24, 2.45) is 11.8 Å². The minimum absolute atomic E-state index is 0.117. The molecule has 0 aromatic heterocycles. The third-order valence-corrected chi connectivity index (χ3v) is 6.20. The number of fused-ring (bicyclic) bond motifs is 1. The summed E-state index contributed by atoms with van der Waals surface area (Å²) in [5.41, 5.74) is 2.61. The SMILES string of the molecule is COC(CN(C)C(=O)CCc1cccc(CN2CC3CCCC3C2)c1)OC. The molecule has 5 heteroatoms. The summed E-state index contributed by atoms with van der Waals surface area (Å²) in [6, 6.07) is 8.74. The van der Waals surface area contributed by atoms with Crippen LogP contribution >= 0.6 is 0 Å². The molecule has 2 fully saturated rings. The van der Waals surface area contributed by atoms with E-state index in [1.807, 2.05) is 0 Å². The van der Waals surface area contributed by atoms with Crippen molar-refractivity contribution in [2.75, 3.05) is 40.9 Å². The first-order valence-corrected chi connectivity index (χ1v) is 10.2. The Balaban J connectivity index is 1.47. The number of likely N-dealkylation sites (N-methyl/N-ethyl adjacent to an activating group) is 1. The first-order chi connectivity index (χ1) is 13.1. The summed E-state index contributed by atoms with van der Waals surface area (Å²) in [6.45, 7) is 4.01. The molecule has 1 aliphatic heterocycles. The van der Waals surface area contributed by atoms with E-state index in [1.54, 1.807) is 26.2 Å². The lowest BCUT2D eigenvalue weighted by Crippen LogP contribution is -2.36. The Kier molecular flexibility index (Phi) is 7.27. The number of hydrogen-bond donors (Lipinski definition) is 0. The van der Waals surface area contributed by atoms with Crippen molar-refractivity contribution in [3.05, 3.63) is 35.4 Å². The van der Waals surface area contributed by atoms with E-state index in [0.29, 0.717) is 13.0 Å². The van der Waals surface area contributed by atoms with Gasteiger partial charge in [0.1, 0.15) is 0 Å². The first-order valence-electron chi connectivity index (χ1n) is 10.2. The van der Waals surface area contributed by atoms with Crippen LogP contribution in [-0.4, -0.2) is 62.9 Å². The molecule has 5 nitrogen and oxygen atoms in total. The Morgan fingerprint density at radius 1 is 1.19 bits per heavy atom. The van der Waals surface area contributed by atoms with E-state index in [0.717, 1.165) is 24.8 Å². The monoisotopic (exact) mass is 374 g/mol. The number of benzene rings is 1. The second kappa shape index (κ2) is 9.67. The lowest BCUT2D eigenvalue weighted by atomic mass is 10.0. The molecule has 150 valence electrons. The summed E-state index contributed by atoms with van der Waals surface area (Å²) in [7, 11) is 4.98. The van der Waals surface area contributed by atoms with Crippen molar-refractivity contribution in [2.45, 2.75) is 44.9 Å². The molecule has 0 bridgehead atoms. The zero-order valence-electron chi connectivity index (χ0n) is 17.0.